The Hall–Kier alpha value is -2.58. The van der Waals surface area contributed by atoms with Gasteiger partial charge in [-0.25, -0.2) is 13.4 Å². The number of sulfone groups is 1. The summed E-state index contributed by atoms with van der Waals surface area (Å²) in [4.78, 5) is 20.2. The molecule has 8 heteroatoms. The summed E-state index contributed by atoms with van der Waals surface area (Å²) in [5.74, 6) is 0.0155. The number of amides is 1. The first-order chi connectivity index (χ1) is 13.3. The quantitative estimate of drug-likeness (QED) is 0.577. The van der Waals surface area contributed by atoms with Crippen molar-refractivity contribution in [3.63, 3.8) is 0 Å². The van der Waals surface area contributed by atoms with Gasteiger partial charge >= 0.3 is 0 Å². The van der Waals surface area contributed by atoms with Gasteiger partial charge in [0, 0.05) is 24.1 Å². The molecular weight excluding hydrogens is 394 g/mol. The number of rotatable bonds is 7. The maximum absolute atomic E-state index is 12.2. The van der Waals surface area contributed by atoms with Gasteiger partial charge in [0.2, 0.25) is 5.91 Å². The molecule has 3 rings (SSSR count). The van der Waals surface area contributed by atoms with Crippen LogP contribution in [-0.4, -0.2) is 36.3 Å². The van der Waals surface area contributed by atoms with Crippen LogP contribution >= 0.6 is 11.8 Å². The standard InChI is InChI=1S/C20H21N3O3S2/c1-14-18(12-15-6-4-3-5-7-15)23-20(21-14)27-13-19(24)22-16-8-10-17(11-9-16)28(2,25)26/h3-11H,12-13H2,1-2H3,(H,21,23)(H,22,24). The van der Waals surface area contributed by atoms with Crippen LogP contribution in [0, 0.1) is 6.92 Å². The summed E-state index contributed by atoms with van der Waals surface area (Å²) in [5, 5.41) is 3.46. The second kappa shape index (κ2) is 8.62. The lowest BCUT2D eigenvalue weighted by Gasteiger charge is -2.05. The lowest BCUT2D eigenvalue weighted by molar-refractivity contribution is -0.113. The molecule has 6 nitrogen and oxygen atoms in total. The molecule has 2 N–H and O–H groups in total. The Morgan fingerprint density at radius 3 is 2.43 bits per heavy atom. The zero-order chi connectivity index (χ0) is 20.1. The van der Waals surface area contributed by atoms with E-state index in [1.807, 2.05) is 25.1 Å². The predicted molar refractivity (Wildman–Crippen MR) is 111 cm³/mol. The highest BCUT2D eigenvalue weighted by atomic mass is 32.2. The first kappa shape index (κ1) is 20.2. The highest BCUT2D eigenvalue weighted by molar-refractivity contribution is 7.99. The Labute approximate surface area is 168 Å². The van der Waals surface area contributed by atoms with Gasteiger partial charge in [0.25, 0.3) is 0 Å². The van der Waals surface area contributed by atoms with Crippen LogP contribution < -0.4 is 5.32 Å². The Morgan fingerprint density at radius 1 is 1.11 bits per heavy atom. The molecule has 1 amide bonds. The topological polar surface area (TPSA) is 91.9 Å². The Bertz CT molecular complexity index is 1060. The van der Waals surface area contributed by atoms with Crippen molar-refractivity contribution in [1.29, 1.82) is 0 Å². The number of benzene rings is 2. The van der Waals surface area contributed by atoms with E-state index in [0.717, 1.165) is 24.1 Å². The van der Waals surface area contributed by atoms with E-state index >= 15 is 0 Å². The third-order valence-corrected chi connectivity index (χ3v) is 6.09. The number of carbonyl (C=O) groups is 1. The number of hydrogen-bond donors (Lipinski definition) is 2. The number of imidazole rings is 1. The van der Waals surface area contributed by atoms with Gasteiger partial charge in [-0.15, -0.1) is 0 Å². The summed E-state index contributed by atoms with van der Waals surface area (Å²) in [6, 6.07) is 16.2. The first-order valence-electron chi connectivity index (χ1n) is 8.63. The number of aromatic nitrogens is 2. The fourth-order valence-electron chi connectivity index (χ4n) is 2.61. The molecule has 0 saturated heterocycles. The molecule has 1 heterocycles. The average molecular weight is 416 g/mol. The van der Waals surface area contributed by atoms with E-state index in [0.29, 0.717) is 10.8 Å². The summed E-state index contributed by atoms with van der Waals surface area (Å²) in [7, 11) is -3.25. The predicted octanol–water partition coefficient (Wildman–Crippen LogP) is 3.44. The number of carbonyl (C=O) groups excluding carboxylic acids is 1. The molecular formula is C20H21N3O3S2. The van der Waals surface area contributed by atoms with Crippen LogP contribution in [-0.2, 0) is 21.1 Å². The van der Waals surface area contributed by atoms with E-state index in [1.54, 1.807) is 12.1 Å². The molecule has 0 radical (unpaired) electrons. The van der Waals surface area contributed by atoms with Crippen LogP contribution in [0.4, 0.5) is 5.69 Å². The largest absolute Gasteiger partial charge is 0.337 e. The minimum Gasteiger partial charge on any atom is -0.337 e. The number of nitrogens with one attached hydrogen (secondary N) is 2. The van der Waals surface area contributed by atoms with Crippen molar-refractivity contribution in [2.75, 3.05) is 17.3 Å². The van der Waals surface area contributed by atoms with Crippen LogP contribution in [0.5, 0.6) is 0 Å². The van der Waals surface area contributed by atoms with E-state index in [1.165, 1.54) is 29.5 Å². The molecule has 0 aliphatic rings. The van der Waals surface area contributed by atoms with Gasteiger partial charge in [0.05, 0.1) is 16.3 Å². The SMILES string of the molecule is Cc1[nH]c(SCC(=O)Nc2ccc(S(C)(=O)=O)cc2)nc1Cc1ccccc1. The number of hydrogen-bond acceptors (Lipinski definition) is 5. The minimum atomic E-state index is -3.25. The summed E-state index contributed by atoms with van der Waals surface area (Å²) in [6.07, 6.45) is 1.89. The van der Waals surface area contributed by atoms with Gasteiger partial charge in [-0.2, -0.15) is 0 Å². The van der Waals surface area contributed by atoms with E-state index < -0.39 is 9.84 Å². The first-order valence-corrected chi connectivity index (χ1v) is 11.5. The Morgan fingerprint density at radius 2 is 1.79 bits per heavy atom. The number of anilines is 1. The number of nitrogens with zero attached hydrogens (tertiary/aromatic N) is 1. The summed E-state index contributed by atoms with van der Waals surface area (Å²) >= 11 is 1.33. The second-order valence-corrected chi connectivity index (χ2v) is 9.39. The Balaban J connectivity index is 1.55. The van der Waals surface area contributed by atoms with Crippen LogP contribution in [0.2, 0.25) is 0 Å². The highest BCUT2D eigenvalue weighted by Gasteiger charge is 2.11. The molecule has 1 aromatic heterocycles. The van der Waals surface area contributed by atoms with Crippen LogP contribution in [0.1, 0.15) is 17.0 Å². The molecule has 0 unspecified atom stereocenters. The number of aryl methyl sites for hydroxylation is 1. The van der Waals surface area contributed by atoms with E-state index in [2.05, 4.69) is 27.4 Å². The number of H-pyrrole nitrogens is 1. The van der Waals surface area contributed by atoms with Crippen LogP contribution in [0.15, 0.2) is 64.6 Å². The van der Waals surface area contributed by atoms with Crippen LogP contribution in [0.25, 0.3) is 0 Å². The molecule has 28 heavy (non-hydrogen) atoms. The molecule has 146 valence electrons. The molecule has 2 aromatic carbocycles. The van der Waals surface area contributed by atoms with Gasteiger partial charge in [0.15, 0.2) is 15.0 Å². The molecule has 0 saturated carbocycles. The van der Waals surface area contributed by atoms with Crippen LogP contribution in [0.3, 0.4) is 0 Å². The lowest BCUT2D eigenvalue weighted by Crippen LogP contribution is -2.14. The van der Waals surface area contributed by atoms with Crippen molar-refractivity contribution in [1.82, 2.24) is 9.97 Å². The Kier molecular flexibility index (Phi) is 6.21. The maximum atomic E-state index is 12.2. The van der Waals surface area contributed by atoms with E-state index in [4.69, 9.17) is 0 Å². The van der Waals surface area contributed by atoms with Gasteiger partial charge in [-0.3, -0.25) is 4.79 Å². The summed E-state index contributed by atoms with van der Waals surface area (Å²) in [5.41, 5.74) is 3.69. The second-order valence-electron chi connectivity index (χ2n) is 6.41. The van der Waals surface area contributed by atoms with Crippen molar-refractivity contribution >= 4 is 33.2 Å². The molecule has 0 spiro atoms. The van der Waals surface area contributed by atoms with E-state index in [-0.39, 0.29) is 16.6 Å². The average Bonchev–Trinajstić information content (AvgIpc) is 3.00. The van der Waals surface area contributed by atoms with Crippen molar-refractivity contribution in [2.24, 2.45) is 0 Å². The molecule has 0 fully saturated rings. The molecule has 3 aromatic rings. The molecule has 0 aliphatic heterocycles. The summed E-state index contributed by atoms with van der Waals surface area (Å²) in [6.45, 7) is 1.97. The zero-order valence-electron chi connectivity index (χ0n) is 15.6. The van der Waals surface area contributed by atoms with Gasteiger partial charge in [0.1, 0.15) is 0 Å². The fourth-order valence-corrected chi connectivity index (χ4v) is 3.98. The molecule has 0 atom stereocenters. The third-order valence-electron chi connectivity index (χ3n) is 4.08. The van der Waals surface area contributed by atoms with E-state index in [9.17, 15) is 13.2 Å². The lowest BCUT2D eigenvalue weighted by atomic mass is 10.1. The van der Waals surface area contributed by atoms with Crippen molar-refractivity contribution in [3.05, 3.63) is 71.5 Å². The summed E-state index contributed by atoms with van der Waals surface area (Å²) < 4.78 is 22.9. The third kappa shape index (κ3) is 5.46. The van der Waals surface area contributed by atoms with Gasteiger partial charge in [-0.1, -0.05) is 42.1 Å². The van der Waals surface area contributed by atoms with Gasteiger partial charge in [-0.05, 0) is 36.8 Å². The number of thioether (sulfide) groups is 1. The van der Waals surface area contributed by atoms with Crippen molar-refractivity contribution < 1.29 is 13.2 Å². The maximum Gasteiger partial charge on any atom is 0.234 e. The monoisotopic (exact) mass is 415 g/mol. The normalized spacial score (nSPS) is 11.4. The fraction of sp³-hybridized carbons (Fsp3) is 0.200. The molecule has 0 bridgehead atoms. The van der Waals surface area contributed by atoms with Crippen molar-refractivity contribution in [2.45, 2.75) is 23.4 Å². The minimum absolute atomic E-state index is 0.184. The zero-order valence-corrected chi connectivity index (χ0v) is 17.2. The van der Waals surface area contributed by atoms with Gasteiger partial charge < -0.3 is 10.3 Å². The highest BCUT2D eigenvalue weighted by Crippen LogP contribution is 2.20. The van der Waals surface area contributed by atoms with Crippen molar-refractivity contribution in [3.8, 4) is 0 Å². The molecule has 0 aliphatic carbocycles. The smallest absolute Gasteiger partial charge is 0.234 e. The number of aromatic amines is 1.